The molecule has 5 rings (SSSR count). The van der Waals surface area contributed by atoms with Crippen LogP contribution in [0.25, 0.3) is 0 Å². The van der Waals surface area contributed by atoms with Crippen LogP contribution >= 0.6 is 16.4 Å². The van der Waals surface area contributed by atoms with Gasteiger partial charge in [0.05, 0.1) is 6.04 Å². The molecular formula is C30H34N2O2P2. The summed E-state index contributed by atoms with van der Waals surface area (Å²) in [5, 5.41) is 5.84. The smallest absolute Gasteiger partial charge is 0.188 e. The number of nitrogens with one attached hydrogen (secondary N) is 1. The first-order valence-electron chi connectivity index (χ1n) is 13.0. The van der Waals surface area contributed by atoms with Gasteiger partial charge in [0, 0.05) is 35.1 Å². The quantitative estimate of drug-likeness (QED) is 0.199. The van der Waals surface area contributed by atoms with Crippen LogP contribution in [0.15, 0.2) is 108 Å². The van der Waals surface area contributed by atoms with Gasteiger partial charge in [-0.15, -0.1) is 0 Å². The van der Waals surface area contributed by atoms with Gasteiger partial charge in [0.15, 0.2) is 16.4 Å². The second-order valence-corrected chi connectivity index (χ2v) is 12.1. The zero-order valence-electron chi connectivity index (χ0n) is 20.5. The number of rotatable bonds is 10. The Labute approximate surface area is 216 Å². The van der Waals surface area contributed by atoms with E-state index in [0.717, 1.165) is 49.4 Å². The molecule has 0 spiro atoms. The van der Waals surface area contributed by atoms with Gasteiger partial charge in [0.25, 0.3) is 0 Å². The maximum absolute atomic E-state index is 13.5. The highest BCUT2D eigenvalue weighted by Crippen LogP contribution is 2.59. The van der Waals surface area contributed by atoms with Crippen molar-refractivity contribution >= 4 is 16.4 Å². The topological polar surface area (TPSA) is 49.4 Å². The van der Waals surface area contributed by atoms with Crippen LogP contribution in [-0.4, -0.2) is 17.8 Å². The van der Waals surface area contributed by atoms with Crippen molar-refractivity contribution in [3.63, 3.8) is 0 Å². The van der Waals surface area contributed by atoms with Gasteiger partial charge in [0.1, 0.15) is 0 Å². The normalized spacial score (nSPS) is 26.4. The molecule has 1 N–H and O–H groups in total. The second kappa shape index (κ2) is 12.3. The van der Waals surface area contributed by atoms with Crippen molar-refractivity contribution in [2.45, 2.75) is 37.8 Å². The molecule has 186 valence electrons. The molecule has 0 bridgehead atoms. The molecule has 3 aliphatic rings. The Morgan fingerprint density at radius 3 is 2.44 bits per heavy atom. The fraction of sp³-hybridized carbons (Fsp3) is 0.333. The molecule has 1 saturated heterocycles. The van der Waals surface area contributed by atoms with Crippen LogP contribution in [0.3, 0.4) is 0 Å². The zero-order chi connectivity index (χ0) is 24.7. The van der Waals surface area contributed by atoms with Crippen LogP contribution in [0.5, 0.6) is 0 Å². The fourth-order valence-electron chi connectivity index (χ4n) is 5.74. The summed E-state index contributed by atoms with van der Waals surface area (Å²) in [4.78, 5) is 0. The Balaban J connectivity index is 1.24. The molecule has 36 heavy (non-hydrogen) atoms. The molecule has 0 radical (unpaired) electrons. The van der Waals surface area contributed by atoms with Gasteiger partial charge < -0.3 is 9.88 Å². The van der Waals surface area contributed by atoms with Crippen LogP contribution in [0.2, 0.25) is 0 Å². The Morgan fingerprint density at radius 1 is 0.944 bits per heavy atom. The summed E-state index contributed by atoms with van der Waals surface area (Å²) in [7, 11) is -1.84. The van der Waals surface area contributed by atoms with Gasteiger partial charge in [-0.1, -0.05) is 97.1 Å². The minimum absolute atomic E-state index is 0.0802. The molecule has 6 heteroatoms. The molecule has 1 aliphatic heterocycles. The molecule has 4 nitrogen and oxygen atoms in total. The van der Waals surface area contributed by atoms with E-state index in [9.17, 15) is 9.13 Å². The number of hydrogen-bond donors (Lipinski definition) is 1. The lowest BCUT2D eigenvalue weighted by molar-refractivity contribution is 0.316. The summed E-state index contributed by atoms with van der Waals surface area (Å²) < 4.78 is 27.6. The predicted molar refractivity (Wildman–Crippen MR) is 150 cm³/mol. The first-order chi connectivity index (χ1) is 17.8. The summed E-state index contributed by atoms with van der Waals surface area (Å²) in [6, 6.07) is 21.2. The monoisotopic (exact) mass is 516 g/mol. The van der Waals surface area contributed by atoms with Crippen molar-refractivity contribution in [3.8, 4) is 0 Å². The van der Waals surface area contributed by atoms with Gasteiger partial charge >= 0.3 is 0 Å². The van der Waals surface area contributed by atoms with Crippen molar-refractivity contribution in [1.29, 1.82) is 0 Å². The SMILES string of the molecule is O=PC1=CCC=C[C@@H]1[C@H](NCCCCN1[C@H](c2ccccc2)[C@H]2C=CCC=C2[PH]1=O)c1ccccc1. The average molecular weight is 517 g/mol. The largest absolute Gasteiger partial charge is 0.309 e. The summed E-state index contributed by atoms with van der Waals surface area (Å²) in [6.07, 6.45) is 16.8. The highest BCUT2D eigenvalue weighted by atomic mass is 31.1. The molecule has 2 aliphatic carbocycles. The lowest BCUT2D eigenvalue weighted by Crippen LogP contribution is -2.30. The number of fused-ring (bicyclic) bond motifs is 1. The van der Waals surface area contributed by atoms with Crippen LogP contribution in [0, 0.1) is 11.8 Å². The number of unbranched alkanes of at least 4 members (excludes halogenated alkanes) is 1. The molecule has 0 aromatic heterocycles. The minimum Gasteiger partial charge on any atom is -0.309 e. The Kier molecular flexibility index (Phi) is 8.62. The van der Waals surface area contributed by atoms with Gasteiger partial charge in [-0.05, 0) is 43.4 Å². The molecule has 2 aromatic rings. The van der Waals surface area contributed by atoms with E-state index in [0.29, 0.717) is 0 Å². The maximum atomic E-state index is 13.5. The molecule has 2 aromatic carbocycles. The Bertz CT molecular complexity index is 1190. The van der Waals surface area contributed by atoms with Crippen LogP contribution in [0.1, 0.15) is 48.9 Å². The third-order valence-corrected chi connectivity index (χ3v) is 10.2. The first kappa shape index (κ1) is 25.3. The van der Waals surface area contributed by atoms with Gasteiger partial charge in [-0.2, -0.15) is 0 Å². The highest BCUT2D eigenvalue weighted by Gasteiger charge is 2.42. The van der Waals surface area contributed by atoms with Crippen molar-refractivity contribution < 1.29 is 9.13 Å². The van der Waals surface area contributed by atoms with Crippen molar-refractivity contribution in [2.75, 3.05) is 13.1 Å². The number of allylic oxidation sites excluding steroid dienone is 4. The lowest BCUT2D eigenvalue weighted by Gasteiger charge is -2.28. The van der Waals surface area contributed by atoms with E-state index in [1.807, 2.05) is 12.1 Å². The summed E-state index contributed by atoms with van der Waals surface area (Å²) in [5.41, 5.74) is 2.46. The zero-order valence-corrected chi connectivity index (χ0v) is 22.4. The van der Waals surface area contributed by atoms with Crippen LogP contribution in [-0.2, 0) is 9.13 Å². The molecule has 0 saturated carbocycles. The van der Waals surface area contributed by atoms with E-state index in [2.05, 4.69) is 95.0 Å². The van der Waals surface area contributed by atoms with E-state index in [-0.39, 0.29) is 32.4 Å². The molecule has 1 fully saturated rings. The highest BCUT2D eigenvalue weighted by molar-refractivity contribution is 7.47. The molecule has 5 atom stereocenters. The third-order valence-electron chi connectivity index (χ3n) is 7.46. The fourth-order valence-corrected chi connectivity index (χ4v) is 8.36. The van der Waals surface area contributed by atoms with Gasteiger partial charge in [-0.25, -0.2) is 4.67 Å². The van der Waals surface area contributed by atoms with E-state index in [4.69, 9.17) is 0 Å². The maximum Gasteiger partial charge on any atom is 0.188 e. The minimum atomic E-state index is -1.94. The summed E-state index contributed by atoms with van der Waals surface area (Å²) in [6.45, 7) is 1.67. The van der Waals surface area contributed by atoms with Crippen LogP contribution < -0.4 is 5.32 Å². The van der Waals surface area contributed by atoms with E-state index < -0.39 is 7.95 Å². The molecule has 1 heterocycles. The van der Waals surface area contributed by atoms with Gasteiger partial charge in [-0.3, -0.25) is 4.57 Å². The average Bonchev–Trinajstić information content (AvgIpc) is 3.23. The van der Waals surface area contributed by atoms with E-state index in [1.165, 1.54) is 11.1 Å². The van der Waals surface area contributed by atoms with Crippen molar-refractivity contribution in [2.24, 2.45) is 11.8 Å². The molecule has 1 unspecified atom stereocenters. The third kappa shape index (κ3) is 5.48. The molecular weight excluding hydrogens is 482 g/mol. The second-order valence-electron chi connectivity index (χ2n) is 9.66. The Hall–Kier alpha value is -2.35. The van der Waals surface area contributed by atoms with Gasteiger partial charge in [0.2, 0.25) is 0 Å². The first-order valence-corrected chi connectivity index (χ1v) is 15.2. The molecule has 0 amide bonds. The number of hydrogen-bond acceptors (Lipinski definition) is 3. The van der Waals surface area contributed by atoms with Crippen LogP contribution in [0.4, 0.5) is 0 Å². The van der Waals surface area contributed by atoms with E-state index in [1.54, 1.807) is 0 Å². The van der Waals surface area contributed by atoms with Crippen molar-refractivity contribution in [3.05, 3.63) is 119 Å². The van der Waals surface area contributed by atoms with Crippen molar-refractivity contribution in [1.82, 2.24) is 9.99 Å². The summed E-state index contributed by atoms with van der Waals surface area (Å²) in [5.74, 6) is 0.308. The number of nitrogens with zero attached hydrogens (tertiary/aromatic N) is 1. The summed E-state index contributed by atoms with van der Waals surface area (Å²) >= 11 is 0. The number of benzene rings is 2. The predicted octanol–water partition coefficient (Wildman–Crippen LogP) is 7.84. The lowest BCUT2D eigenvalue weighted by atomic mass is 9.89. The Morgan fingerprint density at radius 2 is 1.67 bits per heavy atom. The van der Waals surface area contributed by atoms with E-state index >= 15 is 0 Å². The standard InChI is InChI=1S/C30H34N2O2P2/c33-35-27-19-9-7-17-25(27)29(23-13-3-1-4-14-23)31-21-11-12-22-32-30(24-15-5-2-6-16-24)26-18-8-10-20-28(26)36(32)34/h1-8,13-20,25-26,29-31,36H,9-12,21-22H2/t25-,26-,29+,30+/m0/s1.